The van der Waals surface area contributed by atoms with Gasteiger partial charge in [0.15, 0.2) is 17.2 Å². The summed E-state index contributed by atoms with van der Waals surface area (Å²) in [6, 6.07) is 10.3. The van der Waals surface area contributed by atoms with Gasteiger partial charge >= 0.3 is 0 Å². The summed E-state index contributed by atoms with van der Waals surface area (Å²) in [4.78, 5) is 29.6. The largest absolute Gasteiger partial charge is 0.493 e. The number of aromatic nitrogens is 2. The molecule has 3 rings (SSSR count). The van der Waals surface area contributed by atoms with E-state index in [-0.39, 0.29) is 23.5 Å². The van der Waals surface area contributed by atoms with E-state index in [1.165, 1.54) is 14.2 Å². The number of imidazole rings is 1. The molecule has 0 saturated heterocycles. The predicted octanol–water partition coefficient (Wildman–Crippen LogP) is 2.74. The lowest BCUT2D eigenvalue weighted by atomic mass is 10.2. The average Bonchev–Trinajstić information content (AvgIpc) is 3.07. The number of methoxy groups -OCH3 is 2. The summed E-state index contributed by atoms with van der Waals surface area (Å²) in [6.07, 6.45) is 1.70. The predicted molar refractivity (Wildman–Crippen MR) is 105 cm³/mol. The van der Waals surface area contributed by atoms with E-state index in [9.17, 15) is 9.59 Å². The van der Waals surface area contributed by atoms with Crippen LogP contribution in [0.1, 0.15) is 35.0 Å². The summed E-state index contributed by atoms with van der Waals surface area (Å²) >= 11 is 0. The molecule has 146 valence electrons. The van der Waals surface area contributed by atoms with Gasteiger partial charge in [0.05, 0.1) is 19.7 Å². The number of pyridine rings is 1. The van der Waals surface area contributed by atoms with Gasteiger partial charge in [-0.25, -0.2) is 4.98 Å². The number of anilines is 1. The van der Waals surface area contributed by atoms with Crippen LogP contribution >= 0.6 is 0 Å². The number of fused-ring (bicyclic) bond motifs is 1. The van der Waals surface area contributed by atoms with Crippen LogP contribution in [0, 0.1) is 0 Å². The van der Waals surface area contributed by atoms with E-state index in [0.717, 1.165) is 0 Å². The average molecular weight is 382 g/mol. The molecule has 0 unspecified atom stereocenters. The minimum Gasteiger partial charge on any atom is -0.493 e. The molecule has 2 heterocycles. The van der Waals surface area contributed by atoms with Crippen LogP contribution < -0.4 is 20.1 Å². The SMILES string of the molecule is COc1ccc(NC(=O)c2nc(C(=O)NC(C)C)n3ccccc23)cc1OC. The Hall–Kier alpha value is -3.55. The van der Waals surface area contributed by atoms with Crippen molar-refractivity contribution in [3.8, 4) is 11.5 Å². The number of nitrogens with zero attached hydrogens (tertiary/aromatic N) is 2. The number of ether oxygens (including phenoxy) is 2. The molecule has 28 heavy (non-hydrogen) atoms. The van der Waals surface area contributed by atoms with Gasteiger partial charge in [0.25, 0.3) is 11.8 Å². The molecular formula is C20H22N4O4. The Morgan fingerprint density at radius 2 is 1.79 bits per heavy atom. The standard InChI is InChI=1S/C20H22N4O4/c1-12(2)21-20(26)18-23-17(14-7-5-6-10-24(14)18)19(25)22-13-8-9-15(27-3)16(11-13)28-4/h5-12H,1-4H3,(H,21,26)(H,22,25). The number of carbonyl (C=O) groups is 2. The fourth-order valence-corrected chi connectivity index (χ4v) is 2.80. The van der Waals surface area contributed by atoms with Crippen molar-refractivity contribution in [3.63, 3.8) is 0 Å². The number of rotatable bonds is 6. The molecule has 0 aliphatic carbocycles. The van der Waals surface area contributed by atoms with Crippen LogP contribution in [0.3, 0.4) is 0 Å². The molecule has 0 atom stereocenters. The third kappa shape index (κ3) is 3.75. The second-order valence-electron chi connectivity index (χ2n) is 6.39. The fraction of sp³-hybridized carbons (Fsp3) is 0.250. The van der Waals surface area contributed by atoms with E-state index in [2.05, 4.69) is 15.6 Å². The van der Waals surface area contributed by atoms with Gasteiger partial charge in [0, 0.05) is 24.0 Å². The lowest BCUT2D eigenvalue weighted by Crippen LogP contribution is -2.31. The first-order valence-electron chi connectivity index (χ1n) is 8.76. The fourth-order valence-electron chi connectivity index (χ4n) is 2.80. The van der Waals surface area contributed by atoms with Gasteiger partial charge in [-0.3, -0.25) is 14.0 Å². The third-order valence-electron chi connectivity index (χ3n) is 4.03. The number of amides is 2. The molecule has 0 fully saturated rings. The zero-order valence-electron chi connectivity index (χ0n) is 16.1. The molecule has 0 bridgehead atoms. The maximum absolute atomic E-state index is 12.8. The van der Waals surface area contributed by atoms with E-state index in [4.69, 9.17) is 9.47 Å². The molecule has 2 N–H and O–H groups in total. The Balaban J connectivity index is 1.95. The van der Waals surface area contributed by atoms with Crippen molar-refractivity contribution < 1.29 is 19.1 Å². The van der Waals surface area contributed by atoms with Gasteiger partial charge in [-0.15, -0.1) is 0 Å². The Morgan fingerprint density at radius 3 is 2.46 bits per heavy atom. The molecule has 3 aromatic rings. The lowest BCUT2D eigenvalue weighted by Gasteiger charge is -2.10. The molecule has 0 radical (unpaired) electrons. The highest BCUT2D eigenvalue weighted by Crippen LogP contribution is 2.30. The van der Waals surface area contributed by atoms with Crippen molar-refractivity contribution >= 4 is 23.0 Å². The Kier molecular flexibility index (Phi) is 5.49. The highest BCUT2D eigenvalue weighted by Gasteiger charge is 2.22. The molecule has 0 aliphatic heterocycles. The molecule has 2 aromatic heterocycles. The highest BCUT2D eigenvalue weighted by molar-refractivity contribution is 6.09. The molecule has 0 aliphatic rings. The van der Waals surface area contributed by atoms with Crippen LogP contribution in [0.2, 0.25) is 0 Å². The zero-order valence-corrected chi connectivity index (χ0v) is 16.1. The molecule has 0 spiro atoms. The van der Waals surface area contributed by atoms with Crippen molar-refractivity contribution in [2.75, 3.05) is 19.5 Å². The van der Waals surface area contributed by atoms with E-state index in [1.54, 1.807) is 47.0 Å². The monoisotopic (exact) mass is 382 g/mol. The van der Waals surface area contributed by atoms with Crippen molar-refractivity contribution in [2.24, 2.45) is 0 Å². The van der Waals surface area contributed by atoms with Crippen molar-refractivity contribution in [2.45, 2.75) is 19.9 Å². The van der Waals surface area contributed by atoms with Gasteiger partial charge in [0.2, 0.25) is 5.82 Å². The Morgan fingerprint density at radius 1 is 1.04 bits per heavy atom. The molecule has 8 nitrogen and oxygen atoms in total. The lowest BCUT2D eigenvalue weighted by molar-refractivity contribution is 0.0932. The van der Waals surface area contributed by atoms with Crippen LogP contribution in [-0.4, -0.2) is 41.5 Å². The Bertz CT molecular complexity index is 1030. The summed E-state index contributed by atoms with van der Waals surface area (Å²) in [7, 11) is 3.06. The van der Waals surface area contributed by atoms with Crippen molar-refractivity contribution in [1.82, 2.24) is 14.7 Å². The summed E-state index contributed by atoms with van der Waals surface area (Å²) < 4.78 is 12.1. The number of hydrogen-bond donors (Lipinski definition) is 2. The molecule has 2 amide bonds. The number of carbonyl (C=O) groups excluding carboxylic acids is 2. The molecule has 1 aromatic carbocycles. The topological polar surface area (TPSA) is 94.0 Å². The normalized spacial score (nSPS) is 10.8. The van der Waals surface area contributed by atoms with Gasteiger partial charge in [-0.1, -0.05) is 6.07 Å². The number of nitrogens with one attached hydrogen (secondary N) is 2. The smallest absolute Gasteiger partial charge is 0.287 e. The van der Waals surface area contributed by atoms with Crippen LogP contribution in [-0.2, 0) is 0 Å². The first kappa shape index (κ1) is 19.2. The summed E-state index contributed by atoms with van der Waals surface area (Å²) in [6.45, 7) is 3.72. The van der Waals surface area contributed by atoms with Gasteiger partial charge in [-0.05, 0) is 38.1 Å². The van der Waals surface area contributed by atoms with Crippen LogP contribution in [0.4, 0.5) is 5.69 Å². The first-order valence-corrected chi connectivity index (χ1v) is 8.76. The summed E-state index contributed by atoms with van der Waals surface area (Å²) in [5.74, 6) is 0.426. The molecular weight excluding hydrogens is 360 g/mol. The van der Waals surface area contributed by atoms with Crippen LogP contribution in [0.15, 0.2) is 42.6 Å². The second-order valence-corrected chi connectivity index (χ2v) is 6.39. The quantitative estimate of drug-likeness (QED) is 0.684. The van der Waals surface area contributed by atoms with E-state index in [0.29, 0.717) is 22.7 Å². The summed E-state index contributed by atoms with van der Waals surface area (Å²) in [5.41, 5.74) is 1.21. The highest BCUT2D eigenvalue weighted by atomic mass is 16.5. The van der Waals surface area contributed by atoms with Crippen molar-refractivity contribution in [1.29, 1.82) is 0 Å². The van der Waals surface area contributed by atoms with Crippen LogP contribution in [0.25, 0.3) is 5.52 Å². The zero-order chi connectivity index (χ0) is 20.3. The van der Waals surface area contributed by atoms with Crippen molar-refractivity contribution in [3.05, 3.63) is 54.1 Å². The number of hydrogen-bond acceptors (Lipinski definition) is 5. The van der Waals surface area contributed by atoms with Crippen LogP contribution in [0.5, 0.6) is 11.5 Å². The van der Waals surface area contributed by atoms with Gasteiger partial charge in [0.1, 0.15) is 0 Å². The van der Waals surface area contributed by atoms with Gasteiger partial charge < -0.3 is 20.1 Å². The number of benzene rings is 1. The third-order valence-corrected chi connectivity index (χ3v) is 4.03. The van der Waals surface area contributed by atoms with E-state index in [1.807, 2.05) is 13.8 Å². The molecule has 0 saturated carbocycles. The maximum atomic E-state index is 12.8. The Labute approximate surface area is 162 Å². The van der Waals surface area contributed by atoms with E-state index >= 15 is 0 Å². The molecule has 8 heteroatoms. The van der Waals surface area contributed by atoms with E-state index < -0.39 is 5.91 Å². The summed E-state index contributed by atoms with van der Waals surface area (Å²) in [5, 5.41) is 5.58. The first-order chi connectivity index (χ1) is 13.4. The minimum atomic E-state index is -0.431. The second kappa shape index (κ2) is 7.99. The van der Waals surface area contributed by atoms with Gasteiger partial charge in [-0.2, -0.15) is 0 Å². The maximum Gasteiger partial charge on any atom is 0.287 e. The minimum absolute atomic E-state index is 0.0485.